The summed E-state index contributed by atoms with van der Waals surface area (Å²) in [6, 6.07) is 174. The van der Waals surface area contributed by atoms with Crippen molar-refractivity contribution in [3.63, 3.8) is 0 Å². The first kappa shape index (κ1) is 80.9. The Bertz CT molecular complexity index is 9140. The fourth-order valence-corrected chi connectivity index (χ4v) is 23.1. The molecule has 2 aromatic heterocycles. The molecule has 0 bridgehead atoms. The molecule has 0 aliphatic heterocycles. The van der Waals surface area contributed by atoms with Gasteiger partial charge in [0.2, 0.25) is 0 Å². The maximum atomic E-state index is 17.6. The number of hydrogen-bond acceptors (Lipinski definition) is 6. The van der Waals surface area contributed by atoms with E-state index in [2.05, 4.69) is 330 Å². The Morgan fingerprint density at radius 3 is 0.779 bits per heavy atom. The van der Waals surface area contributed by atoms with Crippen molar-refractivity contribution in [2.75, 3.05) is 19.6 Å². The van der Waals surface area contributed by atoms with Gasteiger partial charge in [0.15, 0.2) is 11.6 Å². The fourth-order valence-electron chi connectivity index (χ4n) is 20.5. The van der Waals surface area contributed by atoms with Crippen molar-refractivity contribution in [1.82, 2.24) is 0 Å². The van der Waals surface area contributed by atoms with Crippen LogP contribution < -0.4 is 19.6 Å². The smallest absolute Gasteiger partial charge is 0.155 e. The number of anilines is 12. The van der Waals surface area contributed by atoms with Crippen LogP contribution in [0.2, 0.25) is 0 Å². The number of nitrogens with zero attached hydrogens (tertiary/aromatic N) is 4. The minimum Gasteiger partial charge on any atom is -0.310 e. The molecule has 136 heavy (non-hydrogen) atoms. The molecule has 0 saturated heterocycles. The van der Waals surface area contributed by atoms with Crippen LogP contribution in [-0.4, -0.2) is 0 Å². The number of thiophene rings is 2. The molecule has 2 heterocycles. The van der Waals surface area contributed by atoms with Crippen LogP contribution in [0, 0.1) is 11.6 Å². The predicted molar refractivity (Wildman–Crippen MR) is 579 cm³/mol. The zero-order valence-corrected chi connectivity index (χ0v) is 75.3. The highest BCUT2D eigenvalue weighted by Crippen LogP contribution is 2.54. The Morgan fingerprint density at radius 1 is 0.154 bits per heavy atom. The van der Waals surface area contributed by atoms with Gasteiger partial charge in [0, 0.05) is 119 Å². The van der Waals surface area contributed by atoms with Crippen LogP contribution in [0.15, 0.2) is 497 Å². The minimum atomic E-state index is -0.303. The van der Waals surface area contributed by atoms with Gasteiger partial charge >= 0.3 is 0 Å². The van der Waals surface area contributed by atoms with Gasteiger partial charge in [-0.25, -0.2) is 8.78 Å². The Balaban J connectivity index is 0.000000146. The summed E-state index contributed by atoms with van der Waals surface area (Å²) in [5.74, 6) is -0.602. The van der Waals surface area contributed by atoms with Gasteiger partial charge in [-0.2, -0.15) is 0 Å². The van der Waals surface area contributed by atoms with Crippen LogP contribution in [0.1, 0.15) is 0 Å². The molecule has 4 nitrogen and oxygen atoms in total. The number of para-hydroxylation sites is 4. The van der Waals surface area contributed by atoms with Crippen molar-refractivity contribution in [2.24, 2.45) is 0 Å². The fraction of sp³-hybridized carbons (Fsp3) is 0. The molecule has 0 saturated carbocycles. The van der Waals surface area contributed by atoms with E-state index in [0.29, 0.717) is 22.5 Å². The first-order valence-corrected chi connectivity index (χ1v) is 47.7. The van der Waals surface area contributed by atoms with E-state index in [1.807, 2.05) is 198 Å². The lowest BCUT2D eigenvalue weighted by Gasteiger charge is -2.28. The van der Waals surface area contributed by atoms with Crippen molar-refractivity contribution >= 4 is 217 Å². The predicted octanol–water partition coefficient (Wildman–Crippen LogP) is 38.2. The Labute approximate surface area is 793 Å². The summed E-state index contributed by atoms with van der Waals surface area (Å²) >= 11 is 3.65. The molecular formula is C128H82F2N4S2. The monoisotopic (exact) mass is 1780 g/mol. The minimum absolute atomic E-state index is 0.300. The molecule has 0 unspecified atom stereocenters. The molecule has 24 aromatic carbocycles. The first-order valence-electron chi connectivity index (χ1n) is 46.0. The quantitative estimate of drug-likeness (QED) is 0.0894. The Hall–Kier alpha value is -17.1. The van der Waals surface area contributed by atoms with E-state index < -0.39 is 0 Å². The maximum Gasteiger partial charge on any atom is 0.155 e. The maximum absolute atomic E-state index is 17.6. The SMILES string of the molecule is Fc1c(-c2ccccc2)cc(-c2ccccc2)cc1N(c1ccccc1)c1ccc2c(c1)sc1c3ccc(N(c4ccccc4)c4cc(-c5ccccc5)cc(-c5ccccc5)c4F)cc3c3ccccc3c21.c1ccc(N(c2ccc3c(c2)sc2c4ccc(N(c5ccccc5)c5ccc6ccc7ccccc7c6c5)cc4c4ccccc4c32)c2ccc3ccc4ccccc4c3c2)cc1. The van der Waals surface area contributed by atoms with Gasteiger partial charge in [0.05, 0.1) is 11.4 Å². The third-order valence-electron chi connectivity index (χ3n) is 26.9. The second kappa shape index (κ2) is 34.2. The molecule has 0 N–H and O–H groups in total. The number of rotatable bonds is 16. The topological polar surface area (TPSA) is 13.0 Å². The van der Waals surface area contributed by atoms with Crippen LogP contribution >= 0.6 is 22.7 Å². The van der Waals surface area contributed by atoms with Crippen LogP contribution in [0.3, 0.4) is 0 Å². The summed E-state index contributed by atoms with van der Waals surface area (Å²) in [6.07, 6.45) is 0. The van der Waals surface area contributed by atoms with E-state index in [-0.39, 0.29) is 11.6 Å². The van der Waals surface area contributed by atoms with E-state index in [0.717, 1.165) is 127 Å². The lowest BCUT2D eigenvalue weighted by Crippen LogP contribution is -2.12. The van der Waals surface area contributed by atoms with Crippen molar-refractivity contribution in [1.29, 1.82) is 0 Å². The van der Waals surface area contributed by atoms with Crippen LogP contribution in [0.25, 0.3) is 171 Å². The highest BCUT2D eigenvalue weighted by molar-refractivity contribution is 7.27. The summed E-state index contributed by atoms with van der Waals surface area (Å²) in [4.78, 5) is 8.91. The second-order valence-electron chi connectivity index (χ2n) is 34.8. The molecule has 0 spiro atoms. The van der Waals surface area contributed by atoms with Crippen LogP contribution in [-0.2, 0) is 0 Å². The third-order valence-corrected chi connectivity index (χ3v) is 29.2. The highest BCUT2D eigenvalue weighted by atomic mass is 32.1. The molecule has 0 amide bonds. The molecule has 26 aromatic rings. The van der Waals surface area contributed by atoms with E-state index in [4.69, 9.17) is 0 Å². The molecule has 0 aliphatic rings. The standard InChI is InChI=1S/C68H44F2N2S.C60H38N2S/c69-66-59(47-25-11-3-12-26-47)39-49(45-21-7-1-8-22-45)41-62(66)71(51-29-15-5-16-30-51)53-35-37-57-61(43-53)55-33-19-20-34-56(55)65-58-38-36-54(44-64(58)73-68(57)65)72(52-31-17-6-18-32-52)63-42-50(46-23-9-2-10-24-46)40-60(67(63)70)48-27-13-4-14-28-48;1-3-15-43(16-4-1)61(45-29-27-41-25-23-39-13-7-9-19-49(39)55(41)35-45)47-31-33-53-57(37-47)51-21-11-12-22-52(51)59-54-34-32-48(38-58(54)63-60(53)59)62(44-17-5-2-6-18-44)46-30-28-42-26-24-40-14-8-10-20-50(40)56(42)36-46/h1-44H;1-38H. The molecule has 0 radical (unpaired) electrons. The number of benzene rings is 24. The lowest BCUT2D eigenvalue weighted by atomic mass is 9.95. The molecular weight excluding hydrogens is 1700 g/mol. The summed E-state index contributed by atoms with van der Waals surface area (Å²) in [5, 5.41) is 24.4. The van der Waals surface area contributed by atoms with E-state index in [1.54, 1.807) is 11.3 Å². The summed E-state index contributed by atoms with van der Waals surface area (Å²) < 4.78 is 40.0. The lowest BCUT2D eigenvalue weighted by molar-refractivity contribution is 0.632. The van der Waals surface area contributed by atoms with Crippen molar-refractivity contribution in [3.05, 3.63) is 509 Å². The van der Waals surface area contributed by atoms with Gasteiger partial charge in [-0.15, -0.1) is 22.7 Å². The zero-order chi connectivity index (χ0) is 90.3. The van der Waals surface area contributed by atoms with Gasteiger partial charge < -0.3 is 19.6 Å². The van der Waals surface area contributed by atoms with Crippen molar-refractivity contribution < 1.29 is 8.78 Å². The van der Waals surface area contributed by atoms with E-state index in [1.165, 1.54) is 90.2 Å². The normalized spacial score (nSPS) is 11.6. The molecule has 640 valence electrons. The molecule has 0 fully saturated rings. The first-order chi connectivity index (χ1) is 67.3. The van der Waals surface area contributed by atoms with E-state index >= 15 is 8.78 Å². The van der Waals surface area contributed by atoms with Gasteiger partial charge in [0.25, 0.3) is 0 Å². The van der Waals surface area contributed by atoms with Crippen LogP contribution in [0.5, 0.6) is 0 Å². The van der Waals surface area contributed by atoms with Gasteiger partial charge in [-0.05, 0) is 254 Å². The van der Waals surface area contributed by atoms with Gasteiger partial charge in [-0.1, -0.05) is 352 Å². The average molecular weight is 1780 g/mol. The third kappa shape index (κ3) is 14.3. The number of fused-ring (bicyclic) bond motifs is 22. The molecule has 0 aliphatic carbocycles. The molecule has 0 atom stereocenters. The highest BCUT2D eigenvalue weighted by Gasteiger charge is 2.29. The van der Waals surface area contributed by atoms with Crippen molar-refractivity contribution in [3.8, 4) is 44.5 Å². The summed E-state index contributed by atoms with van der Waals surface area (Å²) in [7, 11) is 0. The molecule has 8 heteroatoms. The summed E-state index contributed by atoms with van der Waals surface area (Å²) in [5.41, 5.74) is 17.6. The van der Waals surface area contributed by atoms with Gasteiger partial charge in [-0.3, -0.25) is 0 Å². The Kier molecular flexibility index (Phi) is 20.4. The van der Waals surface area contributed by atoms with E-state index in [9.17, 15) is 0 Å². The van der Waals surface area contributed by atoms with Gasteiger partial charge in [0.1, 0.15) is 0 Å². The summed E-state index contributed by atoms with van der Waals surface area (Å²) in [6.45, 7) is 0. The van der Waals surface area contributed by atoms with Crippen molar-refractivity contribution in [2.45, 2.75) is 0 Å². The van der Waals surface area contributed by atoms with Crippen LogP contribution in [0.4, 0.5) is 77.0 Å². The largest absolute Gasteiger partial charge is 0.310 e. The Morgan fingerprint density at radius 2 is 0.412 bits per heavy atom. The number of halogens is 2. The zero-order valence-electron chi connectivity index (χ0n) is 73.7. The average Bonchev–Trinajstić information content (AvgIpc) is 1.53. The number of hydrogen-bond donors (Lipinski definition) is 0. The second-order valence-corrected chi connectivity index (χ2v) is 36.9. The molecule has 26 rings (SSSR count).